The van der Waals surface area contributed by atoms with Crippen molar-refractivity contribution in [3.63, 3.8) is 0 Å². The normalized spacial score (nSPS) is 12.2. The highest BCUT2D eigenvalue weighted by atomic mass is 16.5. The van der Waals surface area contributed by atoms with E-state index in [1.165, 1.54) is 13.8 Å². The lowest BCUT2D eigenvalue weighted by Crippen LogP contribution is -2.37. The number of carboxylic acid groups (broad SMARTS) is 2. The van der Waals surface area contributed by atoms with Gasteiger partial charge in [0.2, 0.25) is 0 Å². The molecule has 2 aromatic carbocycles. The Hall–Kier alpha value is -3.06. The molecule has 0 aliphatic rings. The second-order valence-electron chi connectivity index (χ2n) is 6.86. The molecule has 0 aliphatic carbocycles. The molecule has 0 fully saturated rings. The van der Waals surface area contributed by atoms with Gasteiger partial charge in [-0.3, -0.25) is 0 Å². The molecule has 1 unspecified atom stereocenters. The third-order valence-corrected chi connectivity index (χ3v) is 4.11. The van der Waals surface area contributed by atoms with Gasteiger partial charge >= 0.3 is 11.9 Å². The summed E-state index contributed by atoms with van der Waals surface area (Å²) >= 11 is 0. The molecule has 28 heavy (non-hydrogen) atoms. The summed E-state index contributed by atoms with van der Waals surface area (Å²) in [5.41, 5.74) is 0.431. The molecule has 2 aromatic rings. The molecule has 0 saturated carbocycles. The van der Waals surface area contributed by atoms with Gasteiger partial charge in [0.25, 0.3) is 0 Å². The van der Waals surface area contributed by atoms with Gasteiger partial charge < -0.3 is 24.8 Å². The molecular formula is C21H24O7. The van der Waals surface area contributed by atoms with E-state index in [0.717, 1.165) is 5.56 Å². The first-order chi connectivity index (χ1) is 13.2. The second-order valence-corrected chi connectivity index (χ2v) is 6.86. The van der Waals surface area contributed by atoms with Crippen LogP contribution in [0.4, 0.5) is 0 Å². The number of ether oxygens (including phenoxy) is 2. The maximum atomic E-state index is 11.1. The van der Waals surface area contributed by atoms with Gasteiger partial charge in [0.15, 0.2) is 11.7 Å². The molecule has 2 rings (SSSR count). The molecule has 0 aromatic heterocycles. The molecule has 1 atom stereocenters. The van der Waals surface area contributed by atoms with Crippen molar-refractivity contribution < 1.29 is 34.4 Å². The Morgan fingerprint density at radius 1 is 0.929 bits per heavy atom. The molecule has 0 aliphatic heterocycles. The molecule has 0 saturated heterocycles. The topological polar surface area (TPSA) is 113 Å². The number of aliphatic hydroxyl groups excluding tert-OH is 1. The van der Waals surface area contributed by atoms with Crippen LogP contribution in [0.15, 0.2) is 48.5 Å². The van der Waals surface area contributed by atoms with Gasteiger partial charge in [-0.2, -0.15) is 0 Å². The lowest BCUT2D eigenvalue weighted by molar-refractivity contribution is -0.152. The van der Waals surface area contributed by atoms with Crippen LogP contribution in [0.2, 0.25) is 0 Å². The van der Waals surface area contributed by atoms with Crippen LogP contribution in [-0.2, 0) is 22.4 Å². The highest BCUT2D eigenvalue weighted by molar-refractivity contribution is 5.76. The molecule has 7 nitrogen and oxygen atoms in total. The molecule has 3 N–H and O–H groups in total. The first kappa shape index (κ1) is 21.2. The van der Waals surface area contributed by atoms with Gasteiger partial charge in [-0.25, -0.2) is 9.59 Å². The van der Waals surface area contributed by atoms with Gasteiger partial charge in [-0.1, -0.05) is 24.3 Å². The summed E-state index contributed by atoms with van der Waals surface area (Å²) in [5, 5.41) is 27.2. The lowest BCUT2D eigenvalue weighted by Gasteiger charge is -2.21. The van der Waals surface area contributed by atoms with Gasteiger partial charge in [-0.15, -0.1) is 0 Å². The minimum absolute atomic E-state index is 0.0444. The first-order valence-electron chi connectivity index (χ1n) is 8.81. The second kappa shape index (κ2) is 9.23. The van der Waals surface area contributed by atoms with E-state index in [4.69, 9.17) is 19.7 Å². The SMILES string of the molecule is CC(C)(Oc1ccc(CCOc2ccc(CC(O)C(=O)O)cc2)cc1)C(=O)O. The number of aliphatic carboxylic acids is 2. The fourth-order valence-electron chi connectivity index (χ4n) is 2.38. The Balaban J connectivity index is 1.81. The summed E-state index contributed by atoms with van der Waals surface area (Å²) in [6.45, 7) is 3.42. The van der Waals surface area contributed by atoms with Crippen LogP contribution in [0.1, 0.15) is 25.0 Å². The lowest BCUT2D eigenvalue weighted by atomic mass is 10.1. The van der Waals surface area contributed by atoms with Crippen molar-refractivity contribution in [1.82, 2.24) is 0 Å². The van der Waals surface area contributed by atoms with Crippen molar-refractivity contribution in [3.8, 4) is 11.5 Å². The monoisotopic (exact) mass is 388 g/mol. The Morgan fingerprint density at radius 2 is 1.46 bits per heavy atom. The summed E-state index contributed by atoms with van der Waals surface area (Å²) in [5.74, 6) is -1.15. The highest BCUT2D eigenvalue weighted by Gasteiger charge is 2.29. The quantitative estimate of drug-likeness (QED) is 0.573. The Bertz CT molecular complexity index is 795. The van der Waals surface area contributed by atoms with E-state index in [1.807, 2.05) is 12.1 Å². The molecular weight excluding hydrogens is 364 g/mol. The van der Waals surface area contributed by atoms with Crippen LogP contribution >= 0.6 is 0 Å². The number of carboxylic acids is 2. The van der Waals surface area contributed by atoms with Crippen molar-refractivity contribution in [2.45, 2.75) is 38.4 Å². The van der Waals surface area contributed by atoms with Gasteiger partial charge in [0, 0.05) is 12.8 Å². The van der Waals surface area contributed by atoms with E-state index in [2.05, 4.69) is 0 Å². The number of benzene rings is 2. The third kappa shape index (κ3) is 6.28. The van der Waals surface area contributed by atoms with Crippen LogP contribution in [-0.4, -0.2) is 45.6 Å². The largest absolute Gasteiger partial charge is 0.493 e. The number of rotatable bonds is 10. The van der Waals surface area contributed by atoms with E-state index in [9.17, 15) is 14.7 Å². The zero-order chi connectivity index (χ0) is 20.7. The summed E-state index contributed by atoms with van der Waals surface area (Å²) in [4.78, 5) is 21.7. The Morgan fingerprint density at radius 3 is 2.00 bits per heavy atom. The van der Waals surface area contributed by atoms with Crippen LogP contribution in [0.3, 0.4) is 0 Å². The van der Waals surface area contributed by atoms with Crippen LogP contribution in [0, 0.1) is 0 Å². The Labute approximate surface area is 163 Å². The predicted molar refractivity (Wildman–Crippen MR) is 102 cm³/mol. The average molecular weight is 388 g/mol. The average Bonchev–Trinajstić information content (AvgIpc) is 2.64. The first-order valence-corrected chi connectivity index (χ1v) is 8.81. The van der Waals surface area contributed by atoms with Crippen molar-refractivity contribution in [2.75, 3.05) is 6.61 Å². The number of carbonyl (C=O) groups is 2. The molecule has 0 spiro atoms. The summed E-state index contributed by atoms with van der Waals surface area (Å²) in [7, 11) is 0. The van der Waals surface area contributed by atoms with E-state index in [-0.39, 0.29) is 6.42 Å². The molecule has 0 radical (unpaired) electrons. The summed E-state index contributed by atoms with van der Waals surface area (Å²) in [6.07, 6.45) is -0.718. The number of hydrogen-bond donors (Lipinski definition) is 3. The third-order valence-electron chi connectivity index (χ3n) is 4.11. The van der Waals surface area contributed by atoms with Crippen molar-refractivity contribution in [1.29, 1.82) is 0 Å². The van der Waals surface area contributed by atoms with E-state index < -0.39 is 23.6 Å². The maximum Gasteiger partial charge on any atom is 0.347 e. The smallest absolute Gasteiger partial charge is 0.347 e. The van der Waals surface area contributed by atoms with Gasteiger partial charge in [0.05, 0.1) is 6.61 Å². The minimum atomic E-state index is -1.42. The van der Waals surface area contributed by atoms with Crippen molar-refractivity contribution in [3.05, 3.63) is 59.7 Å². The summed E-state index contributed by atoms with van der Waals surface area (Å²) in [6, 6.07) is 14.1. The van der Waals surface area contributed by atoms with Crippen LogP contribution in [0.5, 0.6) is 11.5 Å². The fraction of sp³-hybridized carbons (Fsp3) is 0.333. The molecule has 0 bridgehead atoms. The van der Waals surface area contributed by atoms with Crippen LogP contribution < -0.4 is 9.47 Å². The zero-order valence-electron chi connectivity index (χ0n) is 15.8. The highest BCUT2D eigenvalue weighted by Crippen LogP contribution is 2.20. The van der Waals surface area contributed by atoms with E-state index >= 15 is 0 Å². The maximum absolute atomic E-state index is 11.1. The standard InChI is InChI=1S/C21H24O7/c1-21(2,20(25)26)28-17-9-3-14(4-10-17)11-12-27-16-7-5-15(6-8-16)13-18(22)19(23)24/h3-10,18,22H,11-13H2,1-2H3,(H,23,24)(H,25,26). The molecule has 150 valence electrons. The minimum Gasteiger partial charge on any atom is -0.493 e. The van der Waals surface area contributed by atoms with Crippen molar-refractivity contribution in [2.24, 2.45) is 0 Å². The predicted octanol–water partition coefficient (Wildman–Crippen LogP) is 2.54. The van der Waals surface area contributed by atoms with Crippen molar-refractivity contribution >= 4 is 11.9 Å². The zero-order valence-corrected chi connectivity index (χ0v) is 15.8. The number of hydrogen-bond acceptors (Lipinski definition) is 5. The van der Waals surface area contributed by atoms with E-state index in [0.29, 0.717) is 30.1 Å². The summed E-state index contributed by atoms with van der Waals surface area (Å²) < 4.78 is 11.1. The number of aliphatic hydroxyl groups is 1. The fourth-order valence-corrected chi connectivity index (χ4v) is 2.38. The van der Waals surface area contributed by atoms with E-state index in [1.54, 1.807) is 36.4 Å². The van der Waals surface area contributed by atoms with Crippen LogP contribution in [0.25, 0.3) is 0 Å². The Kier molecular flexibility index (Phi) is 7.00. The molecule has 0 amide bonds. The van der Waals surface area contributed by atoms with Gasteiger partial charge in [-0.05, 0) is 49.2 Å². The molecule has 0 heterocycles. The van der Waals surface area contributed by atoms with Gasteiger partial charge in [0.1, 0.15) is 11.5 Å². The molecule has 7 heteroatoms.